The predicted octanol–water partition coefficient (Wildman–Crippen LogP) is 2.68. The zero-order valence-corrected chi connectivity index (χ0v) is 13.1. The summed E-state index contributed by atoms with van der Waals surface area (Å²) in [6.07, 6.45) is 4.32. The van der Waals surface area contributed by atoms with Gasteiger partial charge in [0.05, 0.1) is 25.0 Å². The van der Waals surface area contributed by atoms with Crippen LogP contribution in [0, 0.1) is 17.7 Å². The first-order valence-corrected chi connectivity index (χ1v) is 7.45. The molecule has 2 N–H and O–H groups in total. The highest BCUT2D eigenvalue weighted by Crippen LogP contribution is 2.29. The van der Waals surface area contributed by atoms with Crippen molar-refractivity contribution in [1.82, 2.24) is 5.32 Å². The maximum Gasteiger partial charge on any atom is 0.307 e. The lowest BCUT2D eigenvalue weighted by Gasteiger charge is -2.26. The summed E-state index contributed by atoms with van der Waals surface area (Å²) in [7, 11) is 1.47. The van der Waals surface area contributed by atoms with E-state index in [4.69, 9.17) is 4.74 Å². The van der Waals surface area contributed by atoms with Crippen molar-refractivity contribution < 1.29 is 23.8 Å². The largest absolute Gasteiger partial charge is 0.496 e. The second-order valence-corrected chi connectivity index (χ2v) is 5.61. The Morgan fingerprint density at radius 1 is 1.30 bits per heavy atom. The number of hydrogen-bond donors (Lipinski definition) is 2. The standard InChI is InChI=1S/C17H20FNO4/c1-10(14-9-11(18)7-8-15(14)23-2)19-16(20)12-5-3-4-6-13(12)17(21)22/h3-4,7-10,12-13H,5-6H2,1-2H3,(H,19,20)(H,21,22)/t10-,12+,13-/m0/s1. The highest BCUT2D eigenvalue weighted by Gasteiger charge is 2.34. The normalized spacial score (nSPS) is 21.5. The van der Waals surface area contributed by atoms with Gasteiger partial charge in [0.1, 0.15) is 11.6 Å². The molecule has 124 valence electrons. The van der Waals surface area contributed by atoms with Crippen molar-refractivity contribution in [1.29, 1.82) is 0 Å². The molecule has 1 aliphatic rings. The summed E-state index contributed by atoms with van der Waals surface area (Å²) in [6.45, 7) is 1.71. The van der Waals surface area contributed by atoms with E-state index in [1.165, 1.54) is 25.3 Å². The molecule has 2 rings (SSSR count). The number of nitrogens with one attached hydrogen (secondary N) is 1. The third-order valence-corrected chi connectivity index (χ3v) is 4.10. The van der Waals surface area contributed by atoms with Crippen LogP contribution in [0.1, 0.15) is 31.4 Å². The second-order valence-electron chi connectivity index (χ2n) is 5.61. The molecule has 6 heteroatoms. The number of carbonyl (C=O) groups excluding carboxylic acids is 1. The summed E-state index contributed by atoms with van der Waals surface area (Å²) in [5.74, 6) is -2.64. The lowest BCUT2D eigenvalue weighted by Crippen LogP contribution is -2.39. The van der Waals surface area contributed by atoms with E-state index in [2.05, 4.69) is 5.32 Å². The molecule has 0 saturated heterocycles. The second kappa shape index (κ2) is 7.26. The van der Waals surface area contributed by atoms with Crippen molar-refractivity contribution in [2.75, 3.05) is 7.11 Å². The Bertz CT molecular complexity index is 629. The lowest BCUT2D eigenvalue weighted by molar-refractivity contribution is -0.147. The van der Waals surface area contributed by atoms with E-state index in [1.54, 1.807) is 13.0 Å². The number of allylic oxidation sites excluding steroid dienone is 2. The van der Waals surface area contributed by atoms with E-state index in [1.807, 2.05) is 6.08 Å². The molecule has 0 saturated carbocycles. The van der Waals surface area contributed by atoms with Crippen LogP contribution in [0.5, 0.6) is 5.75 Å². The van der Waals surface area contributed by atoms with Crippen molar-refractivity contribution in [2.45, 2.75) is 25.8 Å². The van der Waals surface area contributed by atoms with Gasteiger partial charge in [0.2, 0.25) is 5.91 Å². The van der Waals surface area contributed by atoms with Gasteiger partial charge in [-0.15, -0.1) is 0 Å². The summed E-state index contributed by atoms with van der Waals surface area (Å²) in [5, 5.41) is 12.0. The van der Waals surface area contributed by atoms with Gasteiger partial charge in [-0.05, 0) is 38.0 Å². The SMILES string of the molecule is COc1ccc(F)cc1[C@H](C)NC(=O)[C@@H]1CC=CC[C@@H]1C(=O)O. The van der Waals surface area contributed by atoms with Gasteiger partial charge in [0, 0.05) is 5.56 Å². The molecule has 1 aromatic rings. The van der Waals surface area contributed by atoms with Gasteiger partial charge >= 0.3 is 5.97 Å². The Hall–Kier alpha value is -2.37. The Morgan fingerprint density at radius 2 is 1.96 bits per heavy atom. The smallest absolute Gasteiger partial charge is 0.307 e. The summed E-state index contributed by atoms with van der Waals surface area (Å²) >= 11 is 0. The molecule has 0 radical (unpaired) electrons. The van der Waals surface area contributed by atoms with Crippen molar-refractivity contribution in [3.63, 3.8) is 0 Å². The Kier molecular flexibility index (Phi) is 5.36. The number of halogens is 1. The third kappa shape index (κ3) is 3.88. The maximum absolute atomic E-state index is 13.4. The predicted molar refractivity (Wildman–Crippen MR) is 82.5 cm³/mol. The van der Waals surface area contributed by atoms with Crippen LogP contribution in [0.3, 0.4) is 0 Å². The van der Waals surface area contributed by atoms with Crippen LogP contribution in [0.15, 0.2) is 30.4 Å². The summed E-state index contributed by atoms with van der Waals surface area (Å²) in [6, 6.07) is 3.59. The Balaban J connectivity index is 2.14. The van der Waals surface area contributed by atoms with Gasteiger partial charge in [0.15, 0.2) is 0 Å². The van der Waals surface area contributed by atoms with Crippen molar-refractivity contribution >= 4 is 11.9 Å². The van der Waals surface area contributed by atoms with Gasteiger partial charge < -0.3 is 15.2 Å². The molecule has 1 amide bonds. The van der Waals surface area contributed by atoms with Crippen molar-refractivity contribution in [3.8, 4) is 5.75 Å². The highest BCUT2D eigenvalue weighted by molar-refractivity contribution is 5.85. The number of aliphatic carboxylic acids is 1. The Morgan fingerprint density at radius 3 is 2.57 bits per heavy atom. The first-order valence-electron chi connectivity index (χ1n) is 7.45. The molecule has 0 heterocycles. The highest BCUT2D eigenvalue weighted by atomic mass is 19.1. The molecule has 1 aliphatic carbocycles. The zero-order valence-electron chi connectivity index (χ0n) is 13.1. The van der Waals surface area contributed by atoms with Gasteiger partial charge in [-0.2, -0.15) is 0 Å². The molecular formula is C17H20FNO4. The van der Waals surface area contributed by atoms with Crippen LogP contribution in [0.25, 0.3) is 0 Å². The van der Waals surface area contributed by atoms with E-state index >= 15 is 0 Å². The molecule has 0 aromatic heterocycles. The molecule has 23 heavy (non-hydrogen) atoms. The number of ether oxygens (including phenoxy) is 1. The quantitative estimate of drug-likeness (QED) is 0.818. The number of methoxy groups -OCH3 is 1. The van der Waals surface area contributed by atoms with Crippen LogP contribution in [-0.2, 0) is 9.59 Å². The number of benzene rings is 1. The number of carboxylic acids is 1. The minimum absolute atomic E-state index is 0.338. The molecule has 3 atom stereocenters. The van der Waals surface area contributed by atoms with Gasteiger partial charge in [0.25, 0.3) is 0 Å². The fourth-order valence-electron chi connectivity index (χ4n) is 2.82. The topological polar surface area (TPSA) is 75.6 Å². The third-order valence-electron chi connectivity index (χ3n) is 4.10. The minimum Gasteiger partial charge on any atom is -0.496 e. The molecular weight excluding hydrogens is 301 g/mol. The average molecular weight is 321 g/mol. The van der Waals surface area contributed by atoms with Crippen LogP contribution in [-0.4, -0.2) is 24.1 Å². The molecule has 0 unspecified atom stereocenters. The average Bonchev–Trinajstić information content (AvgIpc) is 2.54. The number of carbonyl (C=O) groups is 2. The number of rotatable bonds is 5. The molecule has 1 aromatic carbocycles. The summed E-state index contributed by atoms with van der Waals surface area (Å²) < 4.78 is 18.6. The van der Waals surface area contributed by atoms with Crippen LogP contribution < -0.4 is 10.1 Å². The fourth-order valence-corrected chi connectivity index (χ4v) is 2.82. The van der Waals surface area contributed by atoms with E-state index < -0.39 is 29.7 Å². The number of amides is 1. The van der Waals surface area contributed by atoms with Crippen LogP contribution in [0.2, 0.25) is 0 Å². The lowest BCUT2D eigenvalue weighted by atomic mass is 9.82. The van der Waals surface area contributed by atoms with Gasteiger partial charge in [-0.1, -0.05) is 12.2 Å². The zero-order chi connectivity index (χ0) is 17.0. The van der Waals surface area contributed by atoms with Crippen LogP contribution >= 0.6 is 0 Å². The molecule has 5 nitrogen and oxygen atoms in total. The Labute approximate surface area is 134 Å². The number of carboxylic acid groups (broad SMARTS) is 1. The molecule has 0 aliphatic heterocycles. The summed E-state index contributed by atoms with van der Waals surface area (Å²) in [4.78, 5) is 23.7. The van der Waals surface area contributed by atoms with E-state index in [0.717, 1.165) is 0 Å². The summed E-state index contributed by atoms with van der Waals surface area (Å²) in [5.41, 5.74) is 0.513. The van der Waals surface area contributed by atoms with Crippen LogP contribution in [0.4, 0.5) is 4.39 Å². The van der Waals surface area contributed by atoms with E-state index in [0.29, 0.717) is 24.2 Å². The molecule has 0 fully saturated rings. The molecule has 0 spiro atoms. The molecule has 0 bridgehead atoms. The minimum atomic E-state index is -0.981. The fraction of sp³-hybridized carbons (Fsp3) is 0.412. The van der Waals surface area contributed by atoms with E-state index in [-0.39, 0.29) is 5.91 Å². The van der Waals surface area contributed by atoms with Gasteiger partial charge in [-0.3, -0.25) is 9.59 Å². The van der Waals surface area contributed by atoms with Gasteiger partial charge in [-0.25, -0.2) is 4.39 Å². The maximum atomic E-state index is 13.4. The number of hydrogen-bond acceptors (Lipinski definition) is 3. The van der Waals surface area contributed by atoms with E-state index in [9.17, 15) is 19.1 Å². The first kappa shape index (κ1) is 17.0. The van der Waals surface area contributed by atoms with Crippen molar-refractivity contribution in [2.24, 2.45) is 11.8 Å². The first-order chi connectivity index (χ1) is 10.9. The monoisotopic (exact) mass is 321 g/mol. The van der Waals surface area contributed by atoms with Crippen molar-refractivity contribution in [3.05, 3.63) is 41.7 Å².